The van der Waals surface area contributed by atoms with Gasteiger partial charge in [0.1, 0.15) is 17.2 Å². The van der Waals surface area contributed by atoms with Crippen LogP contribution in [0.25, 0.3) is 11.3 Å². The van der Waals surface area contributed by atoms with E-state index in [9.17, 15) is 9.18 Å². The molecule has 0 aliphatic rings. The molecule has 1 aromatic heterocycles. The number of aromatic nitrogens is 2. The van der Waals surface area contributed by atoms with Crippen LogP contribution in [0.2, 0.25) is 0 Å². The van der Waals surface area contributed by atoms with Crippen LogP contribution >= 0.6 is 0 Å². The molecule has 0 aliphatic carbocycles. The number of benzene rings is 1. The topological polar surface area (TPSA) is 52.1 Å². The summed E-state index contributed by atoms with van der Waals surface area (Å²) in [4.78, 5) is 20.0. The molecule has 0 spiro atoms. The highest BCUT2D eigenvalue weighted by atomic mass is 19.1. The van der Waals surface area contributed by atoms with Gasteiger partial charge in [0.15, 0.2) is 0 Å². The van der Waals surface area contributed by atoms with E-state index in [4.69, 9.17) is 4.74 Å². The quantitative estimate of drug-likeness (QED) is 0.796. The van der Waals surface area contributed by atoms with E-state index < -0.39 is 5.97 Å². The number of hydrogen-bond acceptors (Lipinski definition) is 4. The van der Waals surface area contributed by atoms with Crippen LogP contribution in [-0.2, 0) is 4.74 Å². The zero-order valence-corrected chi connectivity index (χ0v) is 10.7. The number of esters is 1. The summed E-state index contributed by atoms with van der Waals surface area (Å²) in [5, 5.41) is 0. The fraction of sp³-hybridized carbons (Fsp3) is 0.214. The highest BCUT2D eigenvalue weighted by molar-refractivity contribution is 5.95. The third-order valence-electron chi connectivity index (χ3n) is 2.50. The molecule has 0 atom stereocenters. The number of carbonyl (C=O) groups excluding carboxylic acids is 1. The summed E-state index contributed by atoms with van der Waals surface area (Å²) >= 11 is 0. The Morgan fingerprint density at radius 1 is 1.42 bits per heavy atom. The van der Waals surface area contributed by atoms with Gasteiger partial charge in [0.25, 0.3) is 0 Å². The minimum absolute atomic E-state index is 0.234. The second kappa shape index (κ2) is 5.56. The van der Waals surface area contributed by atoms with E-state index >= 15 is 0 Å². The standard InChI is InChI=1S/C14H13FN2O2/c1-3-19-14(18)12-8-16-9(2)17-13(12)10-5-4-6-11(15)7-10/h4-8H,3H2,1-2H3. The molecule has 0 unspecified atom stereocenters. The SMILES string of the molecule is CCOC(=O)c1cnc(C)nc1-c1cccc(F)c1. The first-order valence-corrected chi connectivity index (χ1v) is 5.88. The molecular formula is C14H13FN2O2. The second-order valence-corrected chi connectivity index (χ2v) is 3.91. The predicted octanol–water partition coefficient (Wildman–Crippen LogP) is 2.77. The van der Waals surface area contributed by atoms with Gasteiger partial charge in [-0.2, -0.15) is 0 Å². The van der Waals surface area contributed by atoms with Crippen LogP contribution in [0.5, 0.6) is 0 Å². The first-order chi connectivity index (χ1) is 9.11. The molecule has 1 heterocycles. The van der Waals surface area contributed by atoms with Gasteiger partial charge in [-0.1, -0.05) is 12.1 Å². The molecular weight excluding hydrogens is 247 g/mol. The molecule has 4 nitrogen and oxygen atoms in total. The van der Waals surface area contributed by atoms with Crippen LogP contribution in [0.4, 0.5) is 4.39 Å². The van der Waals surface area contributed by atoms with Gasteiger partial charge in [-0.3, -0.25) is 0 Å². The normalized spacial score (nSPS) is 10.3. The van der Waals surface area contributed by atoms with E-state index in [0.29, 0.717) is 17.1 Å². The number of ether oxygens (including phenoxy) is 1. The van der Waals surface area contributed by atoms with Crippen molar-refractivity contribution in [2.24, 2.45) is 0 Å². The van der Waals surface area contributed by atoms with E-state index in [1.807, 2.05) is 0 Å². The lowest BCUT2D eigenvalue weighted by Gasteiger charge is -2.08. The van der Waals surface area contributed by atoms with Gasteiger partial charge >= 0.3 is 5.97 Å². The maximum atomic E-state index is 13.3. The van der Waals surface area contributed by atoms with Crippen LogP contribution in [0.1, 0.15) is 23.1 Å². The number of aryl methyl sites for hydroxylation is 1. The van der Waals surface area contributed by atoms with Crippen molar-refractivity contribution in [3.8, 4) is 11.3 Å². The molecule has 0 saturated carbocycles. The van der Waals surface area contributed by atoms with Crippen molar-refractivity contribution in [3.05, 3.63) is 47.7 Å². The van der Waals surface area contributed by atoms with Gasteiger partial charge in [-0.15, -0.1) is 0 Å². The zero-order chi connectivity index (χ0) is 13.8. The molecule has 0 amide bonds. The molecule has 0 radical (unpaired) electrons. The Hall–Kier alpha value is -2.30. The Kier molecular flexibility index (Phi) is 3.85. The third-order valence-corrected chi connectivity index (χ3v) is 2.50. The Labute approximate surface area is 110 Å². The molecule has 0 fully saturated rings. The number of rotatable bonds is 3. The fourth-order valence-corrected chi connectivity index (χ4v) is 1.68. The number of halogens is 1. The Morgan fingerprint density at radius 2 is 2.21 bits per heavy atom. The average Bonchev–Trinajstić information content (AvgIpc) is 2.39. The Balaban J connectivity index is 2.54. The lowest BCUT2D eigenvalue weighted by atomic mass is 10.1. The lowest BCUT2D eigenvalue weighted by molar-refractivity contribution is 0.0526. The molecule has 0 aliphatic heterocycles. The first kappa shape index (κ1) is 13.1. The van der Waals surface area contributed by atoms with Gasteiger partial charge in [-0.05, 0) is 26.0 Å². The van der Waals surface area contributed by atoms with Crippen LogP contribution in [0.3, 0.4) is 0 Å². The van der Waals surface area contributed by atoms with E-state index in [1.54, 1.807) is 26.0 Å². The van der Waals surface area contributed by atoms with Crippen LogP contribution in [0.15, 0.2) is 30.5 Å². The zero-order valence-electron chi connectivity index (χ0n) is 10.7. The Morgan fingerprint density at radius 3 is 2.89 bits per heavy atom. The summed E-state index contributed by atoms with van der Waals surface area (Å²) in [6, 6.07) is 5.91. The van der Waals surface area contributed by atoms with Crippen LogP contribution in [0, 0.1) is 12.7 Å². The number of hydrogen-bond donors (Lipinski definition) is 0. The summed E-state index contributed by atoms with van der Waals surface area (Å²) in [5.41, 5.74) is 1.14. The Bertz CT molecular complexity index is 614. The highest BCUT2D eigenvalue weighted by Gasteiger charge is 2.16. The maximum Gasteiger partial charge on any atom is 0.341 e. The van der Waals surface area contributed by atoms with Crippen molar-refractivity contribution in [1.82, 2.24) is 9.97 Å². The van der Waals surface area contributed by atoms with Gasteiger partial charge in [0.2, 0.25) is 0 Å². The van der Waals surface area contributed by atoms with Crippen LogP contribution < -0.4 is 0 Å². The van der Waals surface area contributed by atoms with Crippen molar-refractivity contribution in [3.63, 3.8) is 0 Å². The lowest BCUT2D eigenvalue weighted by Crippen LogP contribution is -2.09. The largest absolute Gasteiger partial charge is 0.462 e. The maximum absolute atomic E-state index is 13.3. The predicted molar refractivity (Wildman–Crippen MR) is 68.1 cm³/mol. The number of carbonyl (C=O) groups is 1. The van der Waals surface area contributed by atoms with Gasteiger partial charge < -0.3 is 4.74 Å². The van der Waals surface area contributed by atoms with Crippen molar-refractivity contribution in [2.45, 2.75) is 13.8 Å². The summed E-state index contributed by atoms with van der Waals surface area (Å²) in [5.74, 6) is -0.391. The smallest absolute Gasteiger partial charge is 0.341 e. The van der Waals surface area contributed by atoms with Gasteiger partial charge in [0, 0.05) is 11.8 Å². The van der Waals surface area contributed by atoms with E-state index in [0.717, 1.165) is 0 Å². The third kappa shape index (κ3) is 2.93. The molecule has 98 valence electrons. The summed E-state index contributed by atoms with van der Waals surface area (Å²) in [6.45, 7) is 3.68. The number of nitrogens with zero attached hydrogens (tertiary/aromatic N) is 2. The second-order valence-electron chi connectivity index (χ2n) is 3.91. The van der Waals surface area contributed by atoms with Crippen molar-refractivity contribution in [1.29, 1.82) is 0 Å². The van der Waals surface area contributed by atoms with Crippen molar-refractivity contribution < 1.29 is 13.9 Å². The molecule has 0 bridgehead atoms. The van der Waals surface area contributed by atoms with Crippen molar-refractivity contribution in [2.75, 3.05) is 6.61 Å². The monoisotopic (exact) mass is 260 g/mol. The van der Waals surface area contributed by atoms with E-state index in [1.165, 1.54) is 18.3 Å². The van der Waals surface area contributed by atoms with Crippen molar-refractivity contribution >= 4 is 5.97 Å². The van der Waals surface area contributed by atoms with Gasteiger partial charge in [0.05, 0.1) is 12.3 Å². The molecule has 0 saturated heterocycles. The fourth-order valence-electron chi connectivity index (χ4n) is 1.68. The minimum Gasteiger partial charge on any atom is -0.462 e. The molecule has 5 heteroatoms. The first-order valence-electron chi connectivity index (χ1n) is 5.88. The molecule has 0 N–H and O–H groups in total. The van der Waals surface area contributed by atoms with Gasteiger partial charge in [-0.25, -0.2) is 19.2 Å². The highest BCUT2D eigenvalue weighted by Crippen LogP contribution is 2.22. The van der Waals surface area contributed by atoms with E-state index in [2.05, 4.69) is 9.97 Å². The van der Waals surface area contributed by atoms with Crippen LogP contribution in [-0.4, -0.2) is 22.5 Å². The summed E-state index contributed by atoms with van der Waals surface area (Å²) in [7, 11) is 0. The molecule has 2 rings (SSSR count). The summed E-state index contributed by atoms with van der Waals surface area (Å²) in [6.07, 6.45) is 1.40. The minimum atomic E-state index is -0.512. The average molecular weight is 260 g/mol. The molecule has 2 aromatic rings. The van der Waals surface area contributed by atoms with E-state index in [-0.39, 0.29) is 18.0 Å². The molecule has 19 heavy (non-hydrogen) atoms. The summed E-state index contributed by atoms with van der Waals surface area (Å²) < 4.78 is 18.2. The molecule has 1 aromatic carbocycles.